The molecular weight excluding hydrogens is 338 g/mol. The Labute approximate surface area is 148 Å². The number of hydrogen-bond donors (Lipinski definition) is 1. The lowest BCUT2D eigenvalue weighted by Gasteiger charge is -2.13. The van der Waals surface area contributed by atoms with Crippen molar-refractivity contribution in [2.24, 2.45) is 0 Å². The molecule has 1 atom stereocenters. The molecule has 0 spiro atoms. The molecule has 7 heteroatoms. The number of aromatic nitrogens is 2. The monoisotopic (exact) mass is 355 g/mol. The number of thiophene rings is 1. The molecule has 0 aliphatic rings. The number of rotatable bonds is 5. The van der Waals surface area contributed by atoms with Gasteiger partial charge in [0.15, 0.2) is 5.78 Å². The maximum absolute atomic E-state index is 12.4. The van der Waals surface area contributed by atoms with Crippen LogP contribution in [0.25, 0.3) is 10.2 Å². The quantitative estimate of drug-likeness (QED) is 0.713. The van der Waals surface area contributed by atoms with Crippen LogP contribution in [-0.4, -0.2) is 21.2 Å². The summed E-state index contributed by atoms with van der Waals surface area (Å²) in [4.78, 5) is 40.8. The van der Waals surface area contributed by atoms with Crippen molar-refractivity contribution in [3.05, 3.63) is 63.5 Å². The average molecular weight is 355 g/mol. The van der Waals surface area contributed by atoms with Gasteiger partial charge in [-0.3, -0.25) is 19.0 Å². The van der Waals surface area contributed by atoms with Crippen LogP contribution < -0.4 is 10.9 Å². The molecule has 0 fully saturated rings. The zero-order valence-corrected chi connectivity index (χ0v) is 14.7. The van der Waals surface area contributed by atoms with E-state index >= 15 is 0 Å². The van der Waals surface area contributed by atoms with Crippen LogP contribution in [0.1, 0.15) is 35.8 Å². The lowest BCUT2D eigenvalue weighted by Crippen LogP contribution is -2.24. The molecule has 0 saturated carbocycles. The van der Waals surface area contributed by atoms with Crippen molar-refractivity contribution >= 4 is 33.2 Å². The smallest absolute Gasteiger partial charge is 0.262 e. The average Bonchev–Trinajstić information content (AvgIpc) is 3.06. The van der Waals surface area contributed by atoms with Gasteiger partial charge in [0, 0.05) is 12.5 Å². The van der Waals surface area contributed by atoms with E-state index in [2.05, 4.69) is 10.3 Å². The Morgan fingerprint density at radius 1 is 1.24 bits per heavy atom. The van der Waals surface area contributed by atoms with E-state index in [0.717, 1.165) is 5.56 Å². The van der Waals surface area contributed by atoms with Gasteiger partial charge in [0.25, 0.3) is 5.56 Å². The number of benzene rings is 1. The second kappa shape index (κ2) is 6.98. The zero-order chi connectivity index (χ0) is 18.0. The van der Waals surface area contributed by atoms with E-state index in [9.17, 15) is 14.4 Å². The molecule has 3 aromatic rings. The minimum atomic E-state index is -0.212. The Hall–Kier alpha value is -2.80. The molecule has 1 amide bonds. The molecule has 2 heterocycles. The highest BCUT2D eigenvalue weighted by atomic mass is 32.1. The first-order valence-corrected chi connectivity index (χ1v) is 8.66. The maximum atomic E-state index is 12.4. The second-order valence-electron chi connectivity index (χ2n) is 5.78. The summed E-state index contributed by atoms with van der Waals surface area (Å²) in [5.41, 5.74) is 1.21. The number of carbonyl (C=O) groups excluding carboxylic acids is 2. The van der Waals surface area contributed by atoms with Crippen molar-refractivity contribution in [2.75, 3.05) is 0 Å². The summed E-state index contributed by atoms with van der Waals surface area (Å²) in [6, 6.07) is 8.60. The van der Waals surface area contributed by atoms with Gasteiger partial charge in [-0.15, -0.1) is 11.3 Å². The molecule has 0 saturated heterocycles. The van der Waals surface area contributed by atoms with Gasteiger partial charge in [0.2, 0.25) is 5.91 Å². The first kappa shape index (κ1) is 17.0. The Morgan fingerprint density at radius 2 is 1.96 bits per heavy atom. The summed E-state index contributed by atoms with van der Waals surface area (Å²) in [6.07, 6.45) is 1.41. The number of carbonyl (C=O) groups is 2. The van der Waals surface area contributed by atoms with Gasteiger partial charge in [0.05, 0.1) is 24.3 Å². The van der Waals surface area contributed by atoms with Crippen molar-refractivity contribution in [1.82, 2.24) is 14.9 Å². The fourth-order valence-electron chi connectivity index (χ4n) is 2.60. The van der Waals surface area contributed by atoms with Crippen molar-refractivity contribution < 1.29 is 9.59 Å². The molecular formula is C18H17N3O3S. The number of fused-ring (bicyclic) bond motifs is 1. The highest BCUT2D eigenvalue weighted by Crippen LogP contribution is 2.15. The Morgan fingerprint density at radius 3 is 2.64 bits per heavy atom. The predicted octanol–water partition coefficient (Wildman–Crippen LogP) is 2.54. The third kappa shape index (κ3) is 3.66. The maximum Gasteiger partial charge on any atom is 0.262 e. The Kier molecular flexibility index (Phi) is 4.76. The van der Waals surface area contributed by atoms with Crippen LogP contribution in [0, 0.1) is 0 Å². The van der Waals surface area contributed by atoms with Crippen LogP contribution in [0.15, 0.2) is 46.8 Å². The molecule has 128 valence electrons. The lowest BCUT2D eigenvalue weighted by atomic mass is 10.0. The highest BCUT2D eigenvalue weighted by Gasteiger charge is 2.12. The highest BCUT2D eigenvalue weighted by molar-refractivity contribution is 7.16. The summed E-state index contributed by atoms with van der Waals surface area (Å²) in [7, 11) is 0. The van der Waals surface area contributed by atoms with E-state index in [0.29, 0.717) is 15.8 Å². The van der Waals surface area contributed by atoms with E-state index < -0.39 is 0 Å². The first-order chi connectivity index (χ1) is 12.0. The van der Waals surface area contributed by atoms with Gasteiger partial charge in [0.1, 0.15) is 4.83 Å². The number of ketones is 1. The largest absolute Gasteiger partial charge is 0.350 e. The molecule has 1 N–H and O–H groups in total. The van der Waals surface area contributed by atoms with Crippen molar-refractivity contribution in [2.45, 2.75) is 26.4 Å². The SMILES string of the molecule is CC(=O)NC(C)c1ccc(C(=O)Cn2cnc3sccc3c2=O)cc1. The van der Waals surface area contributed by atoms with Crippen LogP contribution >= 0.6 is 11.3 Å². The predicted molar refractivity (Wildman–Crippen MR) is 96.9 cm³/mol. The minimum absolute atomic E-state index is 0.0573. The Balaban J connectivity index is 1.77. The van der Waals surface area contributed by atoms with Gasteiger partial charge in [-0.25, -0.2) is 4.98 Å². The van der Waals surface area contributed by atoms with E-state index in [4.69, 9.17) is 0 Å². The van der Waals surface area contributed by atoms with Gasteiger partial charge in [-0.1, -0.05) is 24.3 Å². The molecule has 0 aliphatic heterocycles. The van der Waals surface area contributed by atoms with Crippen molar-refractivity contribution in [1.29, 1.82) is 0 Å². The number of nitrogens with one attached hydrogen (secondary N) is 1. The number of nitrogens with zero attached hydrogens (tertiary/aromatic N) is 2. The number of amides is 1. The summed E-state index contributed by atoms with van der Waals surface area (Å²) < 4.78 is 1.32. The fourth-order valence-corrected chi connectivity index (χ4v) is 3.32. The van der Waals surface area contributed by atoms with Crippen molar-refractivity contribution in [3.63, 3.8) is 0 Å². The van der Waals surface area contributed by atoms with Gasteiger partial charge in [-0.05, 0) is 23.9 Å². The minimum Gasteiger partial charge on any atom is -0.350 e. The van der Waals surface area contributed by atoms with Crippen molar-refractivity contribution in [3.8, 4) is 0 Å². The van der Waals surface area contributed by atoms with Crippen LogP contribution in [0.4, 0.5) is 0 Å². The van der Waals surface area contributed by atoms with Gasteiger partial charge in [-0.2, -0.15) is 0 Å². The molecule has 6 nitrogen and oxygen atoms in total. The standard InChI is InChI=1S/C18H17N3O3S/c1-11(20-12(2)22)13-3-5-14(6-4-13)16(23)9-21-10-19-17-15(18(21)24)7-8-25-17/h3-8,10-11H,9H2,1-2H3,(H,20,22). The summed E-state index contributed by atoms with van der Waals surface area (Å²) in [6.45, 7) is 3.28. The first-order valence-electron chi connectivity index (χ1n) is 7.78. The lowest BCUT2D eigenvalue weighted by molar-refractivity contribution is -0.119. The zero-order valence-electron chi connectivity index (χ0n) is 13.9. The Bertz CT molecular complexity index is 989. The summed E-state index contributed by atoms with van der Waals surface area (Å²) in [5.74, 6) is -0.277. The molecule has 3 rings (SSSR count). The topological polar surface area (TPSA) is 81.1 Å². The van der Waals surface area contributed by atoms with Gasteiger partial charge < -0.3 is 5.32 Å². The van der Waals surface area contributed by atoms with Gasteiger partial charge >= 0.3 is 0 Å². The molecule has 2 aromatic heterocycles. The van der Waals surface area contributed by atoms with E-state index in [1.807, 2.05) is 6.92 Å². The third-order valence-corrected chi connectivity index (χ3v) is 4.74. The van der Waals surface area contributed by atoms with Crippen LogP contribution in [-0.2, 0) is 11.3 Å². The van der Waals surface area contributed by atoms with E-state index in [1.165, 1.54) is 29.2 Å². The van der Waals surface area contributed by atoms with E-state index in [-0.39, 0.29) is 29.8 Å². The molecule has 0 aliphatic carbocycles. The molecule has 1 unspecified atom stereocenters. The van der Waals surface area contributed by atoms with Crippen LogP contribution in [0.5, 0.6) is 0 Å². The number of hydrogen-bond acceptors (Lipinski definition) is 5. The molecule has 0 bridgehead atoms. The summed E-state index contributed by atoms with van der Waals surface area (Å²) in [5, 5.41) is 5.13. The molecule has 1 aromatic carbocycles. The number of Topliss-reactive ketones (excluding diaryl/α,β-unsaturated/α-hetero) is 1. The second-order valence-corrected chi connectivity index (χ2v) is 6.68. The molecule has 25 heavy (non-hydrogen) atoms. The molecule has 0 radical (unpaired) electrons. The summed E-state index contributed by atoms with van der Waals surface area (Å²) >= 11 is 1.39. The third-order valence-electron chi connectivity index (χ3n) is 3.92. The van der Waals surface area contributed by atoms with Crippen LogP contribution in [0.3, 0.4) is 0 Å². The van der Waals surface area contributed by atoms with Crippen LogP contribution in [0.2, 0.25) is 0 Å². The fraction of sp³-hybridized carbons (Fsp3) is 0.222. The normalized spacial score (nSPS) is 12.1. The van der Waals surface area contributed by atoms with E-state index in [1.54, 1.807) is 35.7 Å².